The Kier molecular flexibility index (Phi) is 10.6. The molecule has 0 saturated carbocycles. The molecule has 5 aromatic carbocycles. The van der Waals surface area contributed by atoms with Crippen molar-refractivity contribution in [1.29, 1.82) is 0 Å². The van der Waals surface area contributed by atoms with E-state index in [1.807, 2.05) is 54.6 Å². The topological polar surface area (TPSA) is 126 Å². The van der Waals surface area contributed by atoms with E-state index in [-0.39, 0.29) is 18.0 Å². The van der Waals surface area contributed by atoms with Crippen LogP contribution in [0.15, 0.2) is 132 Å². The van der Waals surface area contributed by atoms with Crippen molar-refractivity contribution in [1.82, 2.24) is 5.32 Å². The molecule has 0 aliphatic heterocycles. The van der Waals surface area contributed by atoms with Crippen LogP contribution in [0.4, 0.5) is 18.9 Å². The Labute approximate surface area is 298 Å². The predicted molar refractivity (Wildman–Crippen MR) is 193 cm³/mol. The lowest BCUT2D eigenvalue weighted by Gasteiger charge is -2.18. The number of carbonyl (C=O) groups excluding carboxylic acids is 2. The quantitative estimate of drug-likeness (QED) is 0.109. The highest BCUT2D eigenvalue weighted by Crippen LogP contribution is 2.32. The van der Waals surface area contributed by atoms with Crippen molar-refractivity contribution < 1.29 is 40.1 Å². The van der Waals surface area contributed by atoms with Gasteiger partial charge in [0.05, 0.1) is 11.3 Å². The third-order valence-electron chi connectivity index (χ3n) is 8.56. The summed E-state index contributed by atoms with van der Waals surface area (Å²) in [5, 5.41) is 6.44. The fourth-order valence-electron chi connectivity index (χ4n) is 5.79. The molecule has 1 atom stereocenters. The Morgan fingerprint density at radius 1 is 0.731 bits per heavy atom. The third-order valence-corrected chi connectivity index (χ3v) is 9.28. The van der Waals surface area contributed by atoms with E-state index in [1.54, 1.807) is 48.5 Å². The van der Waals surface area contributed by atoms with Crippen molar-refractivity contribution >= 4 is 38.6 Å². The van der Waals surface area contributed by atoms with Gasteiger partial charge in [0.15, 0.2) is 0 Å². The molecule has 0 aliphatic rings. The number of anilines is 1. The average Bonchev–Trinajstić information content (AvgIpc) is 3.56. The van der Waals surface area contributed by atoms with Gasteiger partial charge in [-0.25, -0.2) is 0 Å². The molecule has 6 rings (SSSR count). The largest absolute Gasteiger partial charge is 0.456 e. The van der Waals surface area contributed by atoms with Crippen LogP contribution >= 0.6 is 0 Å². The van der Waals surface area contributed by atoms with Gasteiger partial charge in [0.1, 0.15) is 11.3 Å². The SMILES string of the molecule is O=C(NCCS(=O)(=O)O)c1ccc(CC(Cc2ccc(-c3ccc(C(F)(F)F)cc3)cc2)C(=O)Nc2ccc(-c3cc4ccccc4o3)cc2)cc1. The van der Waals surface area contributed by atoms with Crippen molar-refractivity contribution in [3.05, 3.63) is 150 Å². The first-order valence-electron chi connectivity index (χ1n) is 16.3. The Morgan fingerprint density at radius 2 is 1.29 bits per heavy atom. The van der Waals surface area contributed by atoms with Crippen LogP contribution in [0.1, 0.15) is 27.0 Å². The summed E-state index contributed by atoms with van der Waals surface area (Å²) < 4.78 is 75.9. The fraction of sp³-hybridized carbons (Fsp3) is 0.150. The average molecular weight is 727 g/mol. The van der Waals surface area contributed by atoms with Crippen LogP contribution in [-0.4, -0.2) is 37.1 Å². The van der Waals surface area contributed by atoms with Crippen molar-refractivity contribution in [2.45, 2.75) is 19.0 Å². The highest BCUT2D eigenvalue weighted by Gasteiger charge is 2.30. The second kappa shape index (κ2) is 15.3. The molecule has 0 spiro atoms. The first-order chi connectivity index (χ1) is 24.8. The van der Waals surface area contributed by atoms with E-state index in [4.69, 9.17) is 8.97 Å². The van der Waals surface area contributed by atoms with Crippen molar-refractivity contribution in [3.8, 4) is 22.5 Å². The molecule has 1 heterocycles. The summed E-state index contributed by atoms with van der Waals surface area (Å²) in [6.07, 6.45) is -3.77. The van der Waals surface area contributed by atoms with E-state index >= 15 is 0 Å². The molecule has 12 heteroatoms. The smallest absolute Gasteiger partial charge is 0.416 e. The molecule has 52 heavy (non-hydrogen) atoms. The van der Waals surface area contributed by atoms with Crippen LogP contribution in [0.3, 0.4) is 0 Å². The number of amides is 2. The van der Waals surface area contributed by atoms with Gasteiger partial charge in [-0.1, -0.05) is 66.7 Å². The number of benzene rings is 5. The maximum absolute atomic E-state index is 13.8. The van der Waals surface area contributed by atoms with Gasteiger partial charge in [-0.3, -0.25) is 14.1 Å². The summed E-state index contributed by atoms with van der Waals surface area (Å²) in [5.74, 6) is -1.21. The molecule has 3 N–H and O–H groups in total. The van der Waals surface area contributed by atoms with Gasteiger partial charge in [-0.05, 0) is 95.8 Å². The van der Waals surface area contributed by atoms with Crippen LogP contribution in [0.5, 0.6) is 0 Å². The summed E-state index contributed by atoms with van der Waals surface area (Å²) in [6.45, 7) is -0.251. The lowest BCUT2D eigenvalue weighted by molar-refractivity contribution is -0.137. The van der Waals surface area contributed by atoms with Crippen molar-refractivity contribution in [2.24, 2.45) is 5.92 Å². The van der Waals surface area contributed by atoms with Crippen LogP contribution in [0.25, 0.3) is 33.4 Å². The second-order valence-corrected chi connectivity index (χ2v) is 13.9. The van der Waals surface area contributed by atoms with Gasteiger partial charge in [-0.15, -0.1) is 0 Å². The van der Waals surface area contributed by atoms with Gasteiger partial charge in [0.25, 0.3) is 16.0 Å². The lowest BCUT2D eigenvalue weighted by atomic mass is 9.90. The maximum Gasteiger partial charge on any atom is 0.416 e. The number of rotatable bonds is 12. The van der Waals surface area contributed by atoms with E-state index in [1.165, 1.54) is 12.1 Å². The fourth-order valence-corrected chi connectivity index (χ4v) is 6.15. The monoisotopic (exact) mass is 726 g/mol. The van der Waals surface area contributed by atoms with Gasteiger partial charge in [-0.2, -0.15) is 21.6 Å². The molecule has 6 aromatic rings. The minimum atomic E-state index is -4.42. The number of alkyl halides is 3. The molecule has 0 radical (unpaired) electrons. The summed E-state index contributed by atoms with van der Waals surface area (Å²) >= 11 is 0. The van der Waals surface area contributed by atoms with Gasteiger partial charge in [0, 0.05) is 34.7 Å². The highest BCUT2D eigenvalue weighted by molar-refractivity contribution is 7.85. The summed E-state index contributed by atoms with van der Waals surface area (Å²) in [7, 11) is -4.22. The Balaban J connectivity index is 1.18. The first kappa shape index (κ1) is 36.1. The van der Waals surface area contributed by atoms with Crippen LogP contribution in [0, 0.1) is 5.92 Å². The van der Waals surface area contributed by atoms with Gasteiger partial charge >= 0.3 is 6.18 Å². The zero-order valence-electron chi connectivity index (χ0n) is 27.6. The second-order valence-electron chi connectivity index (χ2n) is 12.3. The Morgan fingerprint density at radius 3 is 1.87 bits per heavy atom. The minimum absolute atomic E-state index is 0.240. The lowest BCUT2D eigenvalue weighted by Crippen LogP contribution is -2.29. The number of fused-ring (bicyclic) bond motifs is 1. The molecular formula is C40H33F3N2O6S. The summed E-state index contributed by atoms with van der Waals surface area (Å²) in [4.78, 5) is 26.3. The van der Waals surface area contributed by atoms with Crippen LogP contribution in [0.2, 0.25) is 0 Å². The summed E-state index contributed by atoms with van der Waals surface area (Å²) in [5.41, 5.74) is 4.74. The molecule has 266 valence electrons. The summed E-state index contributed by atoms with van der Waals surface area (Å²) in [6, 6.07) is 35.8. The molecule has 2 amide bonds. The van der Waals surface area contributed by atoms with E-state index in [0.717, 1.165) is 45.4 Å². The number of carbonyl (C=O) groups is 2. The molecule has 0 fully saturated rings. The predicted octanol–water partition coefficient (Wildman–Crippen LogP) is 8.44. The molecule has 1 aromatic heterocycles. The Hall–Kier alpha value is -5.72. The molecule has 0 saturated heterocycles. The molecule has 8 nitrogen and oxygen atoms in total. The number of nitrogens with one attached hydrogen (secondary N) is 2. The molecule has 1 unspecified atom stereocenters. The molecular weight excluding hydrogens is 694 g/mol. The zero-order valence-corrected chi connectivity index (χ0v) is 28.4. The third kappa shape index (κ3) is 9.33. The number of furan rings is 1. The molecule has 0 bridgehead atoms. The maximum atomic E-state index is 13.8. The highest BCUT2D eigenvalue weighted by atomic mass is 32.2. The normalized spacial score (nSPS) is 12.4. The van der Waals surface area contributed by atoms with Crippen molar-refractivity contribution in [2.75, 3.05) is 17.6 Å². The van der Waals surface area contributed by atoms with E-state index < -0.39 is 39.4 Å². The van der Waals surface area contributed by atoms with E-state index in [0.29, 0.717) is 29.9 Å². The van der Waals surface area contributed by atoms with Gasteiger partial charge in [0.2, 0.25) is 5.91 Å². The number of halogens is 3. The number of hydrogen-bond donors (Lipinski definition) is 3. The minimum Gasteiger partial charge on any atom is -0.456 e. The van der Waals surface area contributed by atoms with E-state index in [9.17, 15) is 31.2 Å². The van der Waals surface area contributed by atoms with Crippen LogP contribution < -0.4 is 10.6 Å². The van der Waals surface area contributed by atoms with Crippen molar-refractivity contribution in [3.63, 3.8) is 0 Å². The van der Waals surface area contributed by atoms with Gasteiger partial charge < -0.3 is 15.1 Å². The zero-order chi connectivity index (χ0) is 36.9. The number of para-hydroxylation sites is 1. The number of hydrogen-bond acceptors (Lipinski definition) is 5. The Bertz CT molecular complexity index is 2250. The standard InChI is InChI=1S/C40H33F3N2O6S/c41-40(42,43)34-17-13-29(14-18-34)28-9-5-26(6-10-28)23-33(24-27-7-11-31(12-8-27)38(46)44-21-22-52(48,49)50)39(47)45-35-19-15-30(16-20-35)37-25-32-3-1-2-4-36(32)51-37/h1-20,25,33H,21-24H2,(H,44,46)(H,45,47)(H,48,49,50). The molecule has 0 aliphatic carbocycles. The first-order valence-corrected chi connectivity index (χ1v) is 17.9. The van der Waals surface area contributed by atoms with Crippen LogP contribution in [-0.2, 0) is 33.9 Å². The van der Waals surface area contributed by atoms with E-state index in [2.05, 4.69) is 10.6 Å².